The van der Waals surface area contributed by atoms with Crippen LogP contribution < -0.4 is 9.47 Å². The van der Waals surface area contributed by atoms with Crippen molar-refractivity contribution in [3.05, 3.63) is 102 Å². The van der Waals surface area contributed by atoms with Crippen molar-refractivity contribution >= 4 is 17.5 Å². The maximum atomic E-state index is 9.91. The zero-order chi connectivity index (χ0) is 38.8. The van der Waals surface area contributed by atoms with Crippen molar-refractivity contribution < 1.29 is 29.3 Å². The molecule has 10 nitrogen and oxygen atoms in total. The molecule has 55 heavy (non-hydrogen) atoms. The first kappa shape index (κ1) is 40.9. The van der Waals surface area contributed by atoms with E-state index in [1.165, 1.54) is 0 Å². The zero-order valence-corrected chi connectivity index (χ0v) is 33.7. The molecule has 1 aromatic carbocycles. The molecule has 11 heteroatoms. The summed E-state index contributed by atoms with van der Waals surface area (Å²) in [5, 5.41) is 24.5. The number of unbranched alkanes of at least 4 members (excludes halogenated alkanes) is 2. The average molecular weight is 771 g/mol. The van der Waals surface area contributed by atoms with Crippen molar-refractivity contribution in [3.8, 4) is 11.5 Å². The van der Waals surface area contributed by atoms with E-state index in [1.54, 1.807) is 18.5 Å². The van der Waals surface area contributed by atoms with Gasteiger partial charge in [0, 0.05) is 61.8 Å². The van der Waals surface area contributed by atoms with Crippen LogP contribution in [0.2, 0.25) is 0 Å². The second kappa shape index (κ2) is 18.9. The molecule has 2 aromatic heterocycles. The van der Waals surface area contributed by atoms with Gasteiger partial charge in [0.25, 0.3) is 0 Å². The number of fused-ring (bicyclic) bond motifs is 2. The Morgan fingerprint density at radius 1 is 1.05 bits per heavy atom. The van der Waals surface area contributed by atoms with E-state index in [4.69, 9.17) is 24.2 Å². The molecule has 0 radical (unpaired) electrons. The van der Waals surface area contributed by atoms with Crippen LogP contribution in [0, 0.1) is 24.7 Å². The quantitative estimate of drug-likeness (QED) is 0.0700. The maximum Gasteiger partial charge on any atom is 0.230 e. The number of rotatable bonds is 19. The highest BCUT2D eigenvalue weighted by Crippen LogP contribution is 2.62. The first-order valence-corrected chi connectivity index (χ1v) is 20.9. The molecule has 6 rings (SSSR count). The van der Waals surface area contributed by atoms with Crippen LogP contribution in [0.15, 0.2) is 84.4 Å². The Morgan fingerprint density at radius 3 is 2.60 bits per heavy atom. The molecule has 3 aromatic rings. The number of thioether (sulfide) groups is 1. The second-order valence-electron chi connectivity index (χ2n) is 15.8. The Kier molecular flexibility index (Phi) is 14.1. The molecule has 2 aliphatic carbocycles. The lowest BCUT2D eigenvalue weighted by molar-refractivity contribution is -0.223. The Labute approximate surface area is 330 Å². The van der Waals surface area contributed by atoms with Gasteiger partial charge in [-0.3, -0.25) is 15.0 Å². The summed E-state index contributed by atoms with van der Waals surface area (Å²) in [6.07, 6.45) is 15.9. The van der Waals surface area contributed by atoms with E-state index in [2.05, 4.69) is 33.7 Å². The van der Waals surface area contributed by atoms with E-state index < -0.39 is 11.4 Å². The Bertz CT molecular complexity index is 1780. The average Bonchev–Trinajstić information content (AvgIpc) is 3.17. The standard InChI is InChI=1S/C44H58N4O6S/c1-6-23-52-44-40(55-24-18-32-28-45-19-20-46-32)27-38(48-54-43(3,4)5)36-25-31(13-7-9-21-49)35(15-8-10-22-50)41(42(36)44)37-26-34(16-17-39(37)53-44)51-29-33-14-11-12-30(2)47-33/h6,11-12,14,16-17,19-20,25-26,28,31,35,40-42,49-50H,1,7-10,13,15,18,21-24,27,29H2,2-5H3. The molecule has 3 aliphatic rings. The number of aliphatic hydroxyl groups is 2. The molecule has 0 bridgehead atoms. The molecule has 2 N–H and O–H groups in total. The van der Waals surface area contributed by atoms with Crippen molar-refractivity contribution in [2.24, 2.45) is 22.9 Å². The summed E-state index contributed by atoms with van der Waals surface area (Å²) < 4.78 is 20.8. The van der Waals surface area contributed by atoms with E-state index in [9.17, 15) is 10.2 Å². The highest BCUT2D eigenvalue weighted by Gasteiger charge is 2.64. The van der Waals surface area contributed by atoms with Gasteiger partial charge in [-0.25, -0.2) is 0 Å². The van der Waals surface area contributed by atoms with Crippen LogP contribution in [0.5, 0.6) is 11.5 Å². The molecule has 3 heterocycles. The summed E-state index contributed by atoms with van der Waals surface area (Å²) in [6.45, 7) is 13.1. The molecular weight excluding hydrogens is 713 g/mol. The van der Waals surface area contributed by atoms with Gasteiger partial charge in [-0.05, 0) is 107 Å². The van der Waals surface area contributed by atoms with Crippen LogP contribution in [0.3, 0.4) is 0 Å². The number of hydrogen-bond acceptors (Lipinski definition) is 11. The Balaban J connectivity index is 1.49. The SMILES string of the molecule is C=CCOC12Oc3ccc(OCc4cccc(C)n4)cc3C3C(CCCCO)C(CCCCO)C=C(C(=NOC(C)(C)C)CC1SCCc1cnccn1)C32. The lowest BCUT2D eigenvalue weighted by Crippen LogP contribution is -2.64. The normalized spacial score (nSPS) is 25.0. The molecule has 1 aliphatic heterocycles. The number of hydrogen-bond donors (Lipinski definition) is 2. The number of oxime groups is 1. The van der Waals surface area contributed by atoms with Crippen molar-refractivity contribution in [3.63, 3.8) is 0 Å². The smallest absolute Gasteiger partial charge is 0.230 e. The van der Waals surface area contributed by atoms with Gasteiger partial charge in [-0.1, -0.05) is 36.2 Å². The van der Waals surface area contributed by atoms with Crippen LogP contribution in [-0.4, -0.2) is 73.1 Å². The minimum absolute atomic E-state index is 0.0183. The number of allylic oxidation sites excluding steroid dienone is 1. The van der Waals surface area contributed by atoms with Crippen LogP contribution in [0.25, 0.3) is 0 Å². The maximum absolute atomic E-state index is 9.91. The van der Waals surface area contributed by atoms with Gasteiger partial charge in [-0.15, -0.1) is 6.58 Å². The van der Waals surface area contributed by atoms with Crippen molar-refractivity contribution in [2.75, 3.05) is 25.6 Å². The van der Waals surface area contributed by atoms with Crippen LogP contribution in [0.4, 0.5) is 0 Å². The third kappa shape index (κ3) is 9.97. The van der Waals surface area contributed by atoms with E-state index >= 15 is 0 Å². The zero-order valence-electron chi connectivity index (χ0n) is 32.9. The van der Waals surface area contributed by atoms with Gasteiger partial charge < -0.3 is 29.3 Å². The predicted octanol–water partition coefficient (Wildman–Crippen LogP) is 8.17. The topological polar surface area (TPSA) is 128 Å². The van der Waals surface area contributed by atoms with Crippen LogP contribution >= 0.6 is 11.8 Å². The number of nitrogens with zero attached hydrogens (tertiary/aromatic N) is 4. The summed E-state index contributed by atoms with van der Waals surface area (Å²) in [4.78, 5) is 19.7. The van der Waals surface area contributed by atoms with Crippen molar-refractivity contribution in [1.29, 1.82) is 0 Å². The van der Waals surface area contributed by atoms with Gasteiger partial charge in [0.1, 0.15) is 23.7 Å². The van der Waals surface area contributed by atoms with E-state index in [0.717, 1.165) is 96.1 Å². The predicted molar refractivity (Wildman–Crippen MR) is 217 cm³/mol. The highest BCUT2D eigenvalue weighted by atomic mass is 32.2. The number of aliphatic hydroxyl groups excluding tert-OH is 2. The molecule has 6 unspecified atom stereocenters. The summed E-state index contributed by atoms with van der Waals surface area (Å²) >= 11 is 1.82. The van der Waals surface area contributed by atoms with Gasteiger partial charge in [0.15, 0.2) is 0 Å². The Hall–Kier alpha value is -3.77. The minimum Gasteiger partial charge on any atom is -0.487 e. The second-order valence-corrected chi connectivity index (χ2v) is 17.1. The lowest BCUT2D eigenvalue weighted by Gasteiger charge is -2.58. The van der Waals surface area contributed by atoms with Gasteiger partial charge in [-0.2, -0.15) is 11.8 Å². The van der Waals surface area contributed by atoms with Gasteiger partial charge in [0.05, 0.1) is 34.9 Å². The fourth-order valence-electron chi connectivity index (χ4n) is 8.36. The summed E-state index contributed by atoms with van der Waals surface area (Å²) in [5.41, 5.74) is 5.39. The van der Waals surface area contributed by atoms with E-state index in [0.29, 0.717) is 19.6 Å². The molecule has 1 saturated carbocycles. The molecule has 0 amide bonds. The summed E-state index contributed by atoms with van der Waals surface area (Å²) in [7, 11) is 0. The van der Waals surface area contributed by atoms with Crippen LogP contribution in [-0.2, 0) is 22.6 Å². The molecule has 6 atom stereocenters. The first-order chi connectivity index (χ1) is 26.7. The molecule has 1 fully saturated rings. The van der Waals surface area contributed by atoms with E-state index in [-0.39, 0.29) is 42.1 Å². The third-order valence-corrected chi connectivity index (χ3v) is 12.0. The first-order valence-electron chi connectivity index (χ1n) is 19.8. The highest BCUT2D eigenvalue weighted by molar-refractivity contribution is 8.00. The van der Waals surface area contributed by atoms with Crippen LogP contribution in [0.1, 0.15) is 94.3 Å². The minimum atomic E-state index is -1.04. The monoisotopic (exact) mass is 770 g/mol. The fraction of sp³-hybridized carbons (Fsp3) is 0.545. The number of aromatic nitrogens is 3. The fourth-order valence-corrected chi connectivity index (χ4v) is 9.74. The van der Waals surface area contributed by atoms with Gasteiger partial charge in [0.2, 0.25) is 5.79 Å². The summed E-state index contributed by atoms with van der Waals surface area (Å²) in [5.74, 6) is 1.46. The van der Waals surface area contributed by atoms with E-state index in [1.807, 2.05) is 76.0 Å². The molecule has 296 valence electrons. The van der Waals surface area contributed by atoms with Crippen molar-refractivity contribution in [2.45, 2.75) is 108 Å². The number of aryl methyl sites for hydroxylation is 2. The number of benzene rings is 1. The largest absolute Gasteiger partial charge is 0.487 e. The lowest BCUT2D eigenvalue weighted by atomic mass is 9.56. The third-order valence-electron chi connectivity index (χ3n) is 10.7. The number of pyridine rings is 1. The van der Waals surface area contributed by atoms with Gasteiger partial charge >= 0.3 is 0 Å². The number of ether oxygens (including phenoxy) is 3. The molecular formula is C44H58N4O6S. The summed E-state index contributed by atoms with van der Waals surface area (Å²) in [6, 6.07) is 12.2. The molecule has 0 saturated heterocycles. The molecule has 0 spiro atoms. The van der Waals surface area contributed by atoms with Crippen molar-refractivity contribution in [1.82, 2.24) is 15.0 Å². The Morgan fingerprint density at radius 2 is 1.87 bits per heavy atom.